The van der Waals surface area contributed by atoms with Crippen LogP contribution >= 0.6 is 0 Å². The number of nitrogens with two attached hydrogens (primary N) is 1. The van der Waals surface area contributed by atoms with E-state index in [1.165, 1.54) is 24.3 Å². The molecule has 1 rings (SSSR count). The number of nitrogens with zero attached hydrogens (tertiary/aromatic N) is 1. The van der Waals surface area contributed by atoms with Gasteiger partial charge in [-0.15, -0.1) is 0 Å². The van der Waals surface area contributed by atoms with Crippen molar-refractivity contribution in [1.82, 2.24) is 4.90 Å². The van der Waals surface area contributed by atoms with Crippen molar-refractivity contribution in [2.45, 2.75) is 26.3 Å². The second kappa shape index (κ2) is 6.35. The Morgan fingerprint density at radius 1 is 1.35 bits per heavy atom. The monoisotopic (exact) mass is 238 g/mol. The van der Waals surface area contributed by atoms with Crippen LogP contribution in [-0.2, 0) is 0 Å². The summed E-state index contributed by atoms with van der Waals surface area (Å²) in [6.07, 6.45) is 0.769. The molecule has 0 atom stereocenters. The highest BCUT2D eigenvalue weighted by atomic mass is 19.1. The lowest BCUT2D eigenvalue weighted by Gasteiger charge is -2.26. The van der Waals surface area contributed by atoms with Gasteiger partial charge in [0.05, 0.1) is 0 Å². The maximum absolute atomic E-state index is 12.8. The predicted octanol–water partition coefficient (Wildman–Crippen LogP) is 2.03. The second-order valence-corrected chi connectivity index (χ2v) is 4.24. The quantitative estimate of drug-likeness (QED) is 0.853. The largest absolute Gasteiger partial charge is 0.336 e. The maximum Gasteiger partial charge on any atom is 0.254 e. The molecular formula is C13H19FN2O. The van der Waals surface area contributed by atoms with E-state index in [0.717, 1.165) is 6.42 Å². The third-order valence-electron chi connectivity index (χ3n) is 2.58. The topological polar surface area (TPSA) is 46.3 Å². The van der Waals surface area contributed by atoms with Crippen LogP contribution in [0.1, 0.15) is 30.6 Å². The minimum atomic E-state index is -0.334. The first kappa shape index (κ1) is 13.6. The van der Waals surface area contributed by atoms with E-state index in [0.29, 0.717) is 18.7 Å². The molecular weight excluding hydrogens is 219 g/mol. The first-order valence-corrected chi connectivity index (χ1v) is 5.83. The molecule has 3 nitrogen and oxygen atoms in total. The van der Waals surface area contributed by atoms with Gasteiger partial charge < -0.3 is 10.6 Å². The summed E-state index contributed by atoms with van der Waals surface area (Å²) in [4.78, 5) is 13.9. The molecule has 0 aliphatic carbocycles. The highest BCUT2D eigenvalue weighted by molar-refractivity contribution is 5.94. The Morgan fingerprint density at radius 2 is 1.94 bits per heavy atom. The van der Waals surface area contributed by atoms with Gasteiger partial charge >= 0.3 is 0 Å². The van der Waals surface area contributed by atoms with Gasteiger partial charge in [-0.3, -0.25) is 4.79 Å². The van der Waals surface area contributed by atoms with Crippen molar-refractivity contribution in [3.05, 3.63) is 35.6 Å². The van der Waals surface area contributed by atoms with E-state index >= 15 is 0 Å². The standard InChI is InChI=1S/C13H19FN2O/c1-10(2)16(9-3-8-15)13(17)11-4-6-12(14)7-5-11/h4-7,10H,3,8-9,15H2,1-2H3. The Kier molecular flexibility index (Phi) is 5.10. The van der Waals surface area contributed by atoms with Crippen LogP contribution in [-0.4, -0.2) is 29.9 Å². The fourth-order valence-corrected chi connectivity index (χ4v) is 1.61. The smallest absolute Gasteiger partial charge is 0.254 e. The first-order valence-electron chi connectivity index (χ1n) is 5.83. The van der Waals surface area contributed by atoms with Gasteiger partial charge in [-0.2, -0.15) is 0 Å². The van der Waals surface area contributed by atoms with Gasteiger partial charge in [0.25, 0.3) is 5.91 Å². The Labute approximate surface area is 101 Å². The average molecular weight is 238 g/mol. The van der Waals surface area contributed by atoms with Gasteiger partial charge in [0.15, 0.2) is 0 Å². The number of benzene rings is 1. The van der Waals surface area contributed by atoms with Crippen LogP contribution in [0.15, 0.2) is 24.3 Å². The number of hydrogen-bond donors (Lipinski definition) is 1. The van der Waals surface area contributed by atoms with Crippen LogP contribution < -0.4 is 5.73 Å². The molecule has 0 radical (unpaired) electrons. The fourth-order valence-electron chi connectivity index (χ4n) is 1.61. The number of carbonyl (C=O) groups is 1. The summed E-state index contributed by atoms with van der Waals surface area (Å²) in [5.74, 6) is -0.409. The number of carbonyl (C=O) groups excluding carboxylic acids is 1. The molecule has 0 spiro atoms. The molecule has 0 saturated carbocycles. The number of amides is 1. The van der Waals surface area contributed by atoms with Gasteiger partial charge in [0.1, 0.15) is 5.82 Å². The van der Waals surface area contributed by atoms with Crippen LogP contribution in [0.25, 0.3) is 0 Å². The Morgan fingerprint density at radius 3 is 2.41 bits per heavy atom. The van der Waals surface area contributed by atoms with Crippen molar-refractivity contribution in [3.63, 3.8) is 0 Å². The number of hydrogen-bond acceptors (Lipinski definition) is 2. The van der Waals surface area contributed by atoms with Crippen LogP contribution in [0.2, 0.25) is 0 Å². The van der Waals surface area contributed by atoms with E-state index in [9.17, 15) is 9.18 Å². The summed E-state index contributed by atoms with van der Waals surface area (Å²) in [5.41, 5.74) is 5.96. The fraction of sp³-hybridized carbons (Fsp3) is 0.462. The normalized spacial score (nSPS) is 10.6. The molecule has 1 aromatic rings. The lowest BCUT2D eigenvalue weighted by molar-refractivity contribution is 0.0705. The first-order chi connectivity index (χ1) is 8.06. The minimum Gasteiger partial charge on any atom is -0.336 e. The molecule has 0 heterocycles. The molecule has 2 N–H and O–H groups in total. The van der Waals surface area contributed by atoms with Crippen molar-refractivity contribution in [2.75, 3.05) is 13.1 Å². The zero-order chi connectivity index (χ0) is 12.8. The summed E-state index contributed by atoms with van der Waals surface area (Å²) >= 11 is 0. The highest BCUT2D eigenvalue weighted by Gasteiger charge is 2.17. The Balaban J connectivity index is 2.80. The molecule has 1 aromatic carbocycles. The van der Waals surface area contributed by atoms with Crippen LogP contribution in [0.4, 0.5) is 4.39 Å². The van der Waals surface area contributed by atoms with Crippen molar-refractivity contribution in [3.8, 4) is 0 Å². The van der Waals surface area contributed by atoms with Crippen molar-refractivity contribution in [2.24, 2.45) is 5.73 Å². The number of rotatable bonds is 5. The molecule has 0 aliphatic rings. The van der Waals surface area contributed by atoms with Gasteiger partial charge in [0, 0.05) is 18.2 Å². The van der Waals surface area contributed by atoms with Crippen molar-refractivity contribution < 1.29 is 9.18 Å². The van der Waals surface area contributed by atoms with Gasteiger partial charge in [-0.1, -0.05) is 0 Å². The molecule has 1 amide bonds. The summed E-state index contributed by atoms with van der Waals surface area (Å²) in [5, 5.41) is 0. The van der Waals surface area contributed by atoms with Gasteiger partial charge in [0.2, 0.25) is 0 Å². The van der Waals surface area contributed by atoms with E-state index < -0.39 is 0 Å². The molecule has 94 valence electrons. The molecule has 0 aliphatic heterocycles. The predicted molar refractivity (Wildman–Crippen MR) is 66.2 cm³/mol. The zero-order valence-corrected chi connectivity index (χ0v) is 10.3. The summed E-state index contributed by atoms with van der Waals surface area (Å²) in [7, 11) is 0. The van der Waals surface area contributed by atoms with Crippen molar-refractivity contribution in [1.29, 1.82) is 0 Å². The van der Waals surface area contributed by atoms with Crippen LogP contribution in [0.3, 0.4) is 0 Å². The molecule has 0 saturated heterocycles. The lowest BCUT2D eigenvalue weighted by atomic mass is 10.1. The Hall–Kier alpha value is -1.42. The zero-order valence-electron chi connectivity index (χ0n) is 10.3. The summed E-state index contributed by atoms with van der Waals surface area (Å²) in [6.45, 7) is 5.10. The van der Waals surface area contributed by atoms with E-state index in [1.54, 1.807) is 4.90 Å². The highest BCUT2D eigenvalue weighted by Crippen LogP contribution is 2.10. The maximum atomic E-state index is 12.8. The van der Waals surface area contributed by atoms with Gasteiger partial charge in [-0.05, 0) is 51.1 Å². The molecule has 0 bridgehead atoms. The van der Waals surface area contributed by atoms with E-state index in [4.69, 9.17) is 5.73 Å². The van der Waals surface area contributed by atoms with E-state index in [1.807, 2.05) is 13.8 Å². The molecule has 0 unspecified atom stereocenters. The third kappa shape index (κ3) is 3.82. The van der Waals surface area contributed by atoms with E-state index in [2.05, 4.69) is 0 Å². The molecule has 0 fully saturated rings. The molecule has 17 heavy (non-hydrogen) atoms. The SMILES string of the molecule is CC(C)N(CCCN)C(=O)c1ccc(F)cc1. The summed E-state index contributed by atoms with van der Waals surface area (Å²) < 4.78 is 12.8. The third-order valence-corrected chi connectivity index (χ3v) is 2.58. The van der Waals surface area contributed by atoms with E-state index in [-0.39, 0.29) is 17.8 Å². The molecule has 0 aromatic heterocycles. The average Bonchev–Trinajstić information content (AvgIpc) is 2.29. The van der Waals surface area contributed by atoms with Crippen LogP contribution in [0.5, 0.6) is 0 Å². The van der Waals surface area contributed by atoms with Crippen LogP contribution in [0, 0.1) is 5.82 Å². The molecule has 4 heteroatoms. The summed E-state index contributed by atoms with van der Waals surface area (Å²) in [6, 6.07) is 5.73. The minimum absolute atomic E-state index is 0.0755. The van der Waals surface area contributed by atoms with Gasteiger partial charge in [-0.25, -0.2) is 4.39 Å². The van der Waals surface area contributed by atoms with Crippen molar-refractivity contribution >= 4 is 5.91 Å². The Bertz CT molecular complexity index is 362. The lowest BCUT2D eigenvalue weighted by Crippen LogP contribution is -2.38. The number of halogens is 1. The second-order valence-electron chi connectivity index (χ2n) is 4.24.